The summed E-state index contributed by atoms with van der Waals surface area (Å²) in [5.41, 5.74) is 2.14. The summed E-state index contributed by atoms with van der Waals surface area (Å²) in [4.78, 5) is 16.5. The van der Waals surface area contributed by atoms with Gasteiger partial charge in [0.25, 0.3) is 0 Å². The van der Waals surface area contributed by atoms with Gasteiger partial charge < -0.3 is 25.1 Å². The number of nitrogens with one attached hydrogen (secondary N) is 3. The molecule has 0 aliphatic rings. The molecule has 2 aromatic rings. The molecule has 146 valence electrons. The molecule has 0 spiro atoms. The second kappa shape index (κ2) is 10.9. The van der Waals surface area contributed by atoms with Crippen molar-refractivity contribution in [1.82, 2.24) is 16.0 Å². The number of rotatable bonds is 9. The minimum absolute atomic E-state index is 0.124. The highest BCUT2D eigenvalue weighted by atomic mass is 16.5. The van der Waals surface area contributed by atoms with Crippen LogP contribution >= 0.6 is 0 Å². The van der Waals surface area contributed by atoms with E-state index in [-0.39, 0.29) is 12.5 Å². The molecule has 0 bridgehead atoms. The van der Waals surface area contributed by atoms with Crippen LogP contribution in [0.4, 0.5) is 0 Å². The van der Waals surface area contributed by atoms with Crippen molar-refractivity contribution in [1.29, 1.82) is 0 Å². The second-order valence-electron chi connectivity index (χ2n) is 5.95. The van der Waals surface area contributed by atoms with Crippen LogP contribution in [0.5, 0.6) is 5.75 Å². The fourth-order valence-corrected chi connectivity index (χ4v) is 2.41. The number of amides is 1. The number of carbonyl (C=O) groups is 1. The van der Waals surface area contributed by atoms with E-state index in [4.69, 9.17) is 9.15 Å². The molecule has 7 heteroatoms. The maximum Gasteiger partial charge on any atom is 0.239 e. The first-order valence-electron chi connectivity index (χ1n) is 9.16. The molecule has 0 saturated carbocycles. The number of carbonyl (C=O) groups excluding carboxylic acids is 1. The van der Waals surface area contributed by atoms with Gasteiger partial charge in [-0.1, -0.05) is 12.1 Å². The van der Waals surface area contributed by atoms with Gasteiger partial charge in [0.15, 0.2) is 5.96 Å². The molecule has 1 amide bonds. The van der Waals surface area contributed by atoms with Crippen LogP contribution in [-0.2, 0) is 17.9 Å². The molecule has 0 radical (unpaired) electrons. The van der Waals surface area contributed by atoms with Crippen molar-refractivity contribution in [3.8, 4) is 5.75 Å². The van der Waals surface area contributed by atoms with Gasteiger partial charge in [0.05, 0.1) is 32.5 Å². The highest BCUT2D eigenvalue weighted by molar-refractivity contribution is 5.86. The van der Waals surface area contributed by atoms with E-state index < -0.39 is 0 Å². The SMILES string of the molecule is CCNC(=NCc1ccc(C)cc1OCC)NCC(=O)NCc1ccco1. The summed E-state index contributed by atoms with van der Waals surface area (Å²) in [7, 11) is 0. The number of aliphatic imine (C=N–C) groups is 1. The molecular weight excluding hydrogens is 344 g/mol. The molecule has 0 aliphatic heterocycles. The minimum atomic E-state index is -0.137. The molecule has 0 atom stereocenters. The Kier molecular flexibility index (Phi) is 8.22. The lowest BCUT2D eigenvalue weighted by molar-refractivity contribution is -0.120. The predicted octanol–water partition coefficient (Wildman–Crippen LogP) is 2.36. The van der Waals surface area contributed by atoms with Crippen LogP contribution in [0.25, 0.3) is 0 Å². The van der Waals surface area contributed by atoms with Gasteiger partial charge in [0.2, 0.25) is 5.91 Å². The molecule has 0 saturated heterocycles. The molecule has 3 N–H and O–H groups in total. The number of guanidine groups is 1. The zero-order valence-corrected chi connectivity index (χ0v) is 16.2. The zero-order valence-electron chi connectivity index (χ0n) is 16.2. The summed E-state index contributed by atoms with van der Waals surface area (Å²) in [6.07, 6.45) is 1.58. The number of hydrogen-bond acceptors (Lipinski definition) is 4. The lowest BCUT2D eigenvalue weighted by Gasteiger charge is -2.13. The van der Waals surface area contributed by atoms with Gasteiger partial charge in [-0.2, -0.15) is 0 Å². The van der Waals surface area contributed by atoms with Crippen LogP contribution in [0.2, 0.25) is 0 Å². The molecule has 1 aromatic carbocycles. The van der Waals surface area contributed by atoms with E-state index in [9.17, 15) is 4.79 Å². The molecule has 1 aromatic heterocycles. The summed E-state index contributed by atoms with van der Waals surface area (Å²) < 4.78 is 10.9. The van der Waals surface area contributed by atoms with E-state index in [0.29, 0.717) is 38.0 Å². The molecule has 0 fully saturated rings. The quantitative estimate of drug-likeness (QED) is 0.465. The van der Waals surface area contributed by atoms with E-state index in [1.54, 1.807) is 12.3 Å². The van der Waals surface area contributed by atoms with E-state index in [1.165, 1.54) is 0 Å². The topological polar surface area (TPSA) is 87.9 Å². The molecule has 1 heterocycles. The Balaban J connectivity index is 1.90. The first-order chi connectivity index (χ1) is 13.1. The Hall–Kier alpha value is -2.96. The Morgan fingerprint density at radius 1 is 1.19 bits per heavy atom. The van der Waals surface area contributed by atoms with Crippen molar-refractivity contribution in [2.75, 3.05) is 19.7 Å². The van der Waals surface area contributed by atoms with Crippen molar-refractivity contribution in [2.24, 2.45) is 4.99 Å². The Morgan fingerprint density at radius 2 is 2.04 bits per heavy atom. The minimum Gasteiger partial charge on any atom is -0.494 e. The number of benzene rings is 1. The van der Waals surface area contributed by atoms with Gasteiger partial charge in [-0.05, 0) is 44.5 Å². The van der Waals surface area contributed by atoms with E-state index >= 15 is 0 Å². The van der Waals surface area contributed by atoms with Gasteiger partial charge in [-0.3, -0.25) is 4.79 Å². The van der Waals surface area contributed by atoms with Gasteiger partial charge in [-0.15, -0.1) is 0 Å². The lowest BCUT2D eigenvalue weighted by Crippen LogP contribution is -2.43. The van der Waals surface area contributed by atoms with Gasteiger partial charge in [-0.25, -0.2) is 4.99 Å². The second-order valence-corrected chi connectivity index (χ2v) is 5.95. The maximum atomic E-state index is 12.0. The van der Waals surface area contributed by atoms with E-state index in [2.05, 4.69) is 20.9 Å². The molecule has 0 unspecified atom stereocenters. The van der Waals surface area contributed by atoms with Crippen molar-refractivity contribution >= 4 is 11.9 Å². The van der Waals surface area contributed by atoms with Gasteiger partial charge in [0, 0.05) is 12.1 Å². The standard InChI is InChI=1S/C20H28N4O3/c1-4-21-20(24-14-19(25)22-13-17-7-6-10-27-17)23-12-16-9-8-15(3)11-18(16)26-5-2/h6-11H,4-5,12-14H2,1-3H3,(H,22,25)(H2,21,23,24). The monoisotopic (exact) mass is 372 g/mol. The normalized spacial score (nSPS) is 11.1. The van der Waals surface area contributed by atoms with Crippen molar-refractivity contribution < 1.29 is 13.9 Å². The fraction of sp³-hybridized carbons (Fsp3) is 0.400. The molecule has 27 heavy (non-hydrogen) atoms. The lowest BCUT2D eigenvalue weighted by atomic mass is 10.1. The maximum absolute atomic E-state index is 12.0. The Labute approximate surface area is 160 Å². The Bertz CT molecular complexity index is 742. The highest BCUT2D eigenvalue weighted by Crippen LogP contribution is 2.21. The summed E-state index contributed by atoms with van der Waals surface area (Å²) in [5, 5.41) is 8.97. The van der Waals surface area contributed by atoms with Crippen LogP contribution in [0.1, 0.15) is 30.7 Å². The van der Waals surface area contributed by atoms with Crippen LogP contribution in [0, 0.1) is 6.92 Å². The van der Waals surface area contributed by atoms with E-state index in [0.717, 1.165) is 16.9 Å². The van der Waals surface area contributed by atoms with Crippen molar-refractivity contribution in [3.63, 3.8) is 0 Å². The summed E-state index contributed by atoms with van der Waals surface area (Å²) in [6, 6.07) is 9.67. The first kappa shape index (κ1) is 20.4. The van der Waals surface area contributed by atoms with E-state index in [1.807, 2.05) is 45.0 Å². The zero-order chi connectivity index (χ0) is 19.5. The summed E-state index contributed by atoms with van der Waals surface area (Å²) in [5.74, 6) is 2.00. The average Bonchev–Trinajstić information content (AvgIpc) is 3.17. The number of nitrogens with zero attached hydrogens (tertiary/aromatic N) is 1. The summed E-state index contributed by atoms with van der Waals surface area (Å²) >= 11 is 0. The van der Waals surface area contributed by atoms with Gasteiger partial charge >= 0.3 is 0 Å². The first-order valence-corrected chi connectivity index (χ1v) is 9.16. The van der Waals surface area contributed by atoms with Gasteiger partial charge in [0.1, 0.15) is 11.5 Å². The highest BCUT2D eigenvalue weighted by Gasteiger charge is 2.07. The number of ether oxygens (including phenoxy) is 1. The Morgan fingerprint density at radius 3 is 2.74 bits per heavy atom. The fourth-order valence-electron chi connectivity index (χ4n) is 2.41. The van der Waals surface area contributed by atoms with Crippen molar-refractivity contribution in [3.05, 3.63) is 53.5 Å². The predicted molar refractivity (Wildman–Crippen MR) is 106 cm³/mol. The van der Waals surface area contributed by atoms with Crippen molar-refractivity contribution in [2.45, 2.75) is 33.9 Å². The number of hydrogen-bond donors (Lipinski definition) is 3. The summed E-state index contributed by atoms with van der Waals surface area (Å²) in [6.45, 7) is 8.22. The molecule has 7 nitrogen and oxygen atoms in total. The third-order valence-corrected chi connectivity index (χ3v) is 3.73. The van der Waals surface area contributed by atoms with Crippen LogP contribution in [-0.4, -0.2) is 31.6 Å². The largest absolute Gasteiger partial charge is 0.494 e. The number of furan rings is 1. The molecule has 2 rings (SSSR count). The van der Waals surface area contributed by atoms with Crippen LogP contribution in [0.3, 0.4) is 0 Å². The third kappa shape index (κ3) is 7.05. The average molecular weight is 372 g/mol. The molecular formula is C20H28N4O3. The van der Waals surface area contributed by atoms with Crippen LogP contribution in [0.15, 0.2) is 46.0 Å². The third-order valence-electron chi connectivity index (χ3n) is 3.73. The number of aryl methyl sites for hydroxylation is 1. The van der Waals surface area contributed by atoms with Crippen LogP contribution < -0.4 is 20.7 Å². The molecule has 0 aliphatic carbocycles. The smallest absolute Gasteiger partial charge is 0.239 e.